The van der Waals surface area contributed by atoms with Crippen LogP contribution >= 0.6 is 0 Å². The summed E-state index contributed by atoms with van der Waals surface area (Å²) < 4.78 is 0. The Balaban J connectivity index is 1.99. The van der Waals surface area contributed by atoms with Crippen molar-refractivity contribution in [2.24, 2.45) is 0 Å². The smallest absolute Gasteiger partial charge is 0.262 e. The van der Waals surface area contributed by atoms with Crippen LogP contribution in [0.1, 0.15) is 50.5 Å². The number of carbonyl (C=O) groups excluding carboxylic acids is 3. The van der Waals surface area contributed by atoms with Crippen molar-refractivity contribution in [3.8, 4) is 18.1 Å². The van der Waals surface area contributed by atoms with Crippen LogP contribution in [0.3, 0.4) is 0 Å². The van der Waals surface area contributed by atoms with Crippen molar-refractivity contribution in [2.75, 3.05) is 24.5 Å². The Morgan fingerprint density at radius 3 is 2.03 bits per heavy atom. The number of nitrogens with zero attached hydrogens (tertiary/aromatic N) is 2. The number of aromatic hydroxyl groups is 1. The maximum Gasteiger partial charge on any atom is 0.262 e. The maximum atomic E-state index is 13.4. The second-order valence-electron chi connectivity index (χ2n) is 7.52. The molecule has 34 heavy (non-hydrogen) atoms. The SMILES string of the molecule is C#CCN(C(=O)c1ccccc1)C(=O)c1ccccc1C(=O)c1ccc(N(CC)CC)cc1O. The van der Waals surface area contributed by atoms with Crippen molar-refractivity contribution in [3.05, 3.63) is 95.1 Å². The standard InChI is InChI=1S/C28H26N2O4/c1-4-18-30(27(33)20-12-8-7-9-13-20)28(34)23-15-11-10-14-22(23)26(32)24-17-16-21(19-25(24)31)29(5-2)6-3/h1,7-17,19,31H,5-6,18H2,2-3H3. The molecule has 0 saturated heterocycles. The Hall–Kier alpha value is -4.37. The Kier molecular flexibility index (Phi) is 7.83. The van der Waals surface area contributed by atoms with E-state index in [-0.39, 0.29) is 29.0 Å². The summed E-state index contributed by atoms with van der Waals surface area (Å²) in [6, 6.07) is 19.3. The molecule has 0 aliphatic heterocycles. The zero-order chi connectivity index (χ0) is 24.7. The number of imide groups is 1. The summed E-state index contributed by atoms with van der Waals surface area (Å²) in [7, 11) is 0. The number of ketones is 1. The van der Waals surface area contributed by atoms with E-state index < -0.39 is 17.6 Å². The van der Waals surface area contributed by atoms with E-state index >= 15 is 0 Å². The fourth-order valence-electron chi connectivity index (χ4n) is 3.72. The minimum absolute atomic E-state index is 0.0271. The summed E-state index contributed by atoms with van der Waals surface area (Å²) in [5, 5.41) is 10.6. The fourth-order valence-corrected chi connectivity index (χ4v) is 3.72. The molecule has 0 aromatic heterocycles. The normalized spacial score (nSPS) is 10.3. The van der Waals surface area contributed by atoms with Crippen molar-refractivity contribution in [3.63, 3.8) is 0 Å². The minimum atomic E-state index is -0.685. The molecule has 0 fully saturated rings. The molecule has 0 atom stereocenters. The maximum absolute atomic E-state index is 13.4. The topological polar surface area (TPSA) is 77.9 Å². The Labute approximate surface area is 199 Å². The molecule has 3 aromatic carbocycles. The number of benzene rings is 3. The monoisotopic (exact) mass is 454 g/mol. The van der Waals surface area contributed by atoms with Gasteiger partial charge in [0.15, 0.2) is 5.78 Å². The van der Waals surface area contributed by atoms with Gasteiger partial charge in [-0.3, -0.25) is 19.3 Å². The van der Waals surface area contributed by atoms with Gasteiger partial charge in [-0.2, -0.15) is 0 Å². The molecular formula is C28H26N2O4. The first-order chi connectivity index (χ1) is 16.4. The van der Waals surface area contributed by atoms with Gasteiger partial charge < -0.3 is 10.0 Å². The van der Waals surface area contributed by atoms with E-state index in [9.17, 15) is 19.5 Å². The number of phenolic OH excluding ortho intramolecular Hbond substituents is 1. The van der Waals surface area contributed by atoms with Gasteiger partial charge in [0.2, 0.25) is 0 Å². The van der Waals surface area contributed by atoms with Crippen LogP contribution in [0.5, 0.6) is 5.75 Å². The van der Waals surface area contributed by atoms with Crippen LogP contribution in [0, 0.1) is 12.3 Å². The lowest BCUT2D eigenvalue weighted by atomic mass is 9.96. The average molecular weight is 455 g/mol. The molecule has 1 N–H and O–H groups in total. The number of rotatable bonds is 8. The molecular weight excluding hydrogens is 428 g/mol. The van der Waals surface area contributed by atoms with Crippen molar-refractivity contribution >= 4 is 23.3 Å². The molecule has 0 bridgehead atoms. The van der Waals surface area contributed by atoms with Crippen LogP contribution in [-0.4, -0.2) is 47.2 Å². The molecule has 3 aromatic rings. The van der Waals surface area contributed by atoms with Gasteiger partial charge in [-0.05, 0) is 44.2 Å². The molecule has 0 unspecified atom stereocenters. The van der Waals surface area contributed by atoms with Gasteiger partial charge >= 0.3 is 0 Å². The second-order valence-corrected chi connectivity index (χ2v) is 7.52. The lowest BCUT2D eigenvalue weighted by Crippen LogP contribution is -2.38. The molecule has 0 spiro atoms. The third kappa shape index (κ3) is 5.00. The summed E-state index contributed by atoms with van der Waals surface area (Å²) in [6.45, 7) is 5.25. The second kappa shape index (κ2) is 11.0. The summed E-state index contributed by atoms with van der Waals surface area (Å²) in [6.07, 6.45) is 5.43. The first kappa shape index (κ1) is 24.3. The van der Waals surface area contributed by atoms with Gasteiger partial charge in [0, 0.05) is 36.0 Å². The molecule has 6 heteroatoms. The van der Waals surface area contributed by atoms with E-state index in [0.29, 0.717) is 5.56 Å². The highest BCUT2D eigenvalue weighted by Gasteiger charge is 2.28. The van der Waals surface area contributed by atoms with Crippen LogP contribution in [0.2, 0.25) is 0 Å². The molecule has 0 heterocycles. The Morgan fingerprint density at radius 1 is 0.824 bits per heavy atom. The summed E-state index contributed by atoms with van der Waals surface area (Å²) in [4.78, 5) is 42.7. The number of hydrogen-bond donors (Lipinski definition) is 1. The largest absolute Gasteiger partial charge is 0.507 e. The Bertz CT molecular complexity index is 1240. The zero-order valence-corrected chi connectivity index (χ0v) is 19.2. The third-order valence-corrected chi connectivity index (χ3v) is 5.52. The zero-order valence-electron chi connectivity index (χ0n) is 19.2. The van der Waals surface area contributed by atoms with E-state index in [0.717, 1.165) is 23.7 Å². The number of anilines is 1. The molecule has 0 aliphatic rings. The number of carbonyl (C=O) groups is 3. The number of hydrogen-bond acceptors (Lipinski definition) is 5. The molecule has 6 nitrogen and oxygen atoms in total. The van der Waals surface area contributed by atoms with Crippen molar-refractivity contribution in [1.29, 1.82) is 0 Å². The molecule has 0 saturated carbocycles. The highest BCUT2D eigenvalue weighted by atomic mass is 16.3. The number of amides is 2. The van der Waals surface area contributed by atoms with Crippen LogP contribution in [0.4, 0.5) is 5.69 Å². The molecule has 0 radical (unpaired) electrons. The summed E-state index contributed by atoms with van der Waals surface area (Å²) in [5.74, 6) is 0.387. The van der Waals surface area contributed by atoms with Gasteiger partial charge in [-0.1, -0.05) is 42.3 Å². The molecule has 3 rings (SSSR count). The predicted molar refractivity (Wildman–Crippen MR) is 132 cm³/mol. The average Bonchev–Trinajstić information content (AvgIpc) is 2.87. The first-order valence-electron chi connectivity index (χ1n) is 11.0. The van der Waals surface area contributed by atoms with Gasteiger partial charge in [-0.25, -0.2) is 0 Å². The van der Waals surface area contributed by atoms with Crippen molar-refractivity contribution in [2.45, 2.75) is 13.8 Å². The third-order valence-electron chi connectivity index (χ3n) is 5.52. The van der Waals surface area contributed by atoms with E-state index in [1.54, 1.807) is 54.6 Å². The van der Waals surface area contributed by atoms with E-state index in [1.807, 2.05) is 18.7 Å². The number of phenols is 1. The summed E-state index contributed by atoms with van der Waals surface area (Å²) >= 11 is 0. The van der Waals surface area contributed by atoms with Gasteiger partial charge in [0.1, 0.15) is 5.75 Å². The minimum Gasteiger partial charge on any atom is -0.507 e. The lowest BCUT2D eigenvalue weighted by molar-refractivity contribution is 0.0634. The van der Waals surface area contributed by atoms with Gasteiger partial charge in [0.25, 0.3) is 11.8 Å². The Morgan fingerprint density at radius 2 is 1.44 bits per heavy atom. The lowest BCUT2D eigenvalue weighted by Gasteiger charge is -2.22. The molecule has 2 amide bonds. The van der Waals surface area contributed by atoms with Crippen LogP contribution in [0.15, 0.2) is 72.8 Å². The quantitative estimate of drug-likeness (QED) is 0.310. The van der Waals surface area contributed by atoms with Crippen LogP contribution < -0.4 is 4.90 Å². The van der Waals surface area contributed by atoms with Gasteiger partial charge in [0.05, 0.1) is 17.7 Å². The van der Waals surface area contributed by atoms with E-state index in [1.165, 1.54) is 18.2 Å². The van der Waals surface area contributed by atoms with E-state index in [2.05, 4.69) is 5.92 Å². The molecule has 172 valence electrons. The van der Waals surface area contributed by atoms with E-state index in [4.69, 9.17) is 6.42 Å². The van der Waals surface area contributed by atoms with Crippen molar-refractivity contribution < 1.29 is 19.5 Å². The highest BCUT2D eigenvalue weighted by molar-refractivity contribution is 6.19. The van der Waals surface area contributed by atoms with Crippen LogP contribution in [0.25, 0.3) is 0 Å². The summed E-state index contributed by atoms with van der Waals surface area (Å²) in [5.41, 5.74) is 1.26. The first-order valence-corrected chi connectivity index (χ1v) is 11.0. The fraction of sp³-hybridized carbons (Fsp3) is 0.179. The van der Waals surface area contributed by atoms with Crippen LogP contribution in [-0.2, 0) is 0 Å². The molecule has 0 aliphatic carbocycles. The predicted octanol–water partition coefficient (Wildman–Crippen LogP) is 4.39. The highest BCUT2D eigenvalue weighted by Crippen LogP contribution is 2.28. The number of terminal acetylenes is 1. The van der Waals surface area contributed by atoms with Crippen molar-refractivity contribution in [1.82, 2.24) is 4.90 Å². The van der Waals surface area contributed by atoms with Gasteiger partial charge in [-0.15, -0.1) is 6.42 Å².